The van der Waals surface area contributed by atoms with Crippen LogP contribution in [0.1, 0.15) is 12.1 Å². The van der Waals surface area contributed by atoms with E-state index in [-0.39, 0.29) is 0 Å². The molecule has 0 bridgehead atoms. The first-order valence-electron chi connectivity index (χ1n) is 6.43. The first kappa shape index (κ1) is 11.7. The highest BCUT2D eigenvalue weighted by Crippen LogP contribution is 2.14. The summed E-state index contributed by atoms with van der Waals surface area (Å²) in [5.41, 5.74) is 1.96. The quantitative estimate of drug-likeness (QED) is 0.815. The zero-order chi connectivity index (χ0) is 12.9. The van der Waals surface area contributed by atoms with Gasteiger partial charge in [-0.2, -0.15) is 0 Å². The Hall–Kier alpha value is -2.35. The van der Waals surface area contributed by atoms with Crippen molar-refractivity contribution in [2.75, 3.05) is 0 Å². The summed E-state index contributed by atoms with van der Waals surface area (Å²) < 4.78 is 5.77. The number of benzene rings is 1. The van der Waals surface area contributed by atoms with Gasteiger partial charge in [-0.1, -0.05) is 42.5 Å². The molecule has 2 nitrogen and oxygen atoms in total. The Morgan fingerprint density at radius 2 is 2.00 bits per heavy atom. The summed E-state index contributed by atoms with van der Waals surface area (Å²) in [5, 5.41) is 1.16. The molecule has 2 aromatic rings. The number of aromatic nitrogens is 1. The van der Waals surface area contributed by atoms with E-state index in [4.69, 9.17) is 4.74 Å². The summed E-state index contributed by atoms with van der Waals surface area (Å²) >= 11 is 0. The molecule has 1 heterocycles. The number of rotatable bonds is 3. The van der Waals surface area contributed by atoms with Gasteiger partial charge in [-0.15, -0.1) is 0 Å². The maximum Gasteiger partial charge on any atom is 0.130 e. The summed E-state index contributed by atoms with van der Waals surface area (Å²) in [6, 6.07) is 12.2. The fourth-order valence-electron chi connectivity index (χ4n) is 2.01. The third-order valence-electron chi connectivity index (χ3n) is 3.01. The van der Waals surface area contributed by atoms with Gasteiger partial charge in [0.15, 0.2) is 0 Å². The summed E-state index contributed by atoms with van der Waals surface area (Å²) in [7, 11) is 0. The third-order valence-corrected chi connectivity index (χ3v) is 3.01. The number of pyridine rings is 1. The van der Waals surface area contributed by atoms with Crippen LogP contribution < -0.4 is 0 Å². The topological polar surface area (TPSA) is 22.1 Å². The van der Waals surface area contributed by atoms with E-state index in [0.29, 0.717) is 6.61 Å². The molecule has 3 rings (SSSR count). The molecule has 0 unspecified atom stereocenters. The molecule has 1 aromatic heterocycles. The van der Waals surface area contributed by atoms with Gasteiger partial charge in [0.25, 0.3) is 0 Å². The van der Waals surface area contributed by atoms with Crippen LogP contribution in [0.4, 0.5) is 0 Å². The average molecular weight is 249 g/mol. The van der Waals surface area contributed by atoms with Crippen LogP contribution in [-0.2, 0) is 11.3 Å². The van der Waals surface area contributed by atoms with E-state index in [0.717, 1.165) is 28.8 Å². The van der Waals surface area contributed by atoms with E-state index in [9.17, 15) is 0 Å². The largest absolute Gasteiger partial charge is 0.488 e. The molecule has 0 aliphatic heterocycles. The number of allylic oxidation sites excluding steroid dienone is 5. The van der Waals surface area contributed by atoms with Gasteiger partial charge in [-0.3, -0.25) is 0 Å². The van der Waals surface area contributed by atoms with Crippen molar-refractivity contribution in [1.29, 1.82) is 0 Å². The summed E-state index contributed by atoms with van der Waals surface area (Å²) in [5.74, 6) is 0.903. The van der Waals surface area contributed by atoms with Gasteiger partial charge >= 0.3 is 0 Å². The van der Waals surface area contributed by atoms with Gasteiger partial charge in [-0.25, -0.2) is 4.98 Å². The van der Waals surface area contributed by atoms with Crippen LogP contribution in [0.15, 0.2) is 72.5 Å². The van der Waals surface area contributed by atoms with Gasteiger partial charge in [0, 0.05) is 5.39 Å². The van der Waals surface area contributed by atoms with Crippen molar-refractivity contribution >= 4 is 10.9 Å². The lowest BCUT2D eigenvalue weighted by molar-refractivity contribution is 0.207. The molecule has 0 spiro atoms. The van der Waals surface area contributed by atoms with E-state index in [1.807, 2.05) is 42.5 Å². The van der Waals surface area contributed by atoms with Crippen molar-refractivity contribution in [3.8, 4) is 0 Å². The fraction of sp³-hybridized carbons (Fsp3) is 0.118. The van der Waals surface area contributed by atoms with Gasteiger partial charge < -0.3 is 4.74 Å². The van der Waals surface area contributed by atoms with E-state index < -0.39 is 0 Å². The second-order valence-corrected chi connectivity index (χ2v) is 4.41. The van der Waals surface area contributed by atoms with Crippen LogP contribution >= 0.6 is 0 Å². The number of hydrogen-bond donors (Lipinski definition) is 0. The monoisotopic (exact) mass is 249 g/mol. The Labute approximate surface area is 112 Å². The molecule has 94 valence electrons. The van der Waals surface area contributed by atoms with Crippen LogP contribution in [0.25, 0.3) is 10.9 Å². The first-order chi connectivity index (χ1) is 9.42. The molecule has 1 aromatic carbocycles. The third kappa shape index (κ3) is 2.91. The maximum absolute atomic E-state index is 5.77. The number of nitrogens with zero attached hydrogens (tertiary/aromatic N) is 1. The lowest BCUT2D eigenvalue weighted by Crippen LogP contribution is -1.95. The summed E-state index contributed by atoms with van der Waals surface area (Å²) in [6.45, 7) is 0.501. The Kier molecular flexibility index (Phi) is 3.41. The zero-order valence-electron chi connectivity index (χ0n) is 10.6. The fourth-order valence-corrected chi connectivity index (χ4v) is 2.01. The highest BCUT2D eigenvalue weighted by atomic mass is 16.5. The Morgan fingerprint density at radius 3 is 3.00 bits per heavy atom. The molecule has 0 saturated carbocycles. The van der Waals surface area contributed by atoms with Crippen LogP contribution in [0.2, 0.25) is 0 Å². The zero-order valence-corrected chi connectivity index (χ0v) is 10.6. The highest BCUT2D eigenvalue weighted by molar-refractivity contribution is 5.78. The standard InChI is InChI=1S/C17H15NO/c1-2-4-9-16(8-3-1)19-13-15-12-11-14-7-5-6-10-17(14)18-15/h1-3,5-12H,4,13H2. The SMILES string of the molecule is C1=CCC=C(OCc2ccc3ccccc3n2)C=C1. The minimum Gasteiger partial charge on any atom is -0.488 e. The van der Waals surface area contributed by atoms with E-state index >= 15 is 0 Å². The summed E-state index contributed by atoms with van der Waals surface area (Å²) in [4.78, 5) is 4.59. The maximum atomic E-state index is 5.77. The molecule has 0 atom stereocenters. The van der Waals surface area contributed by atoms with Gasteiger partial charge in [0.1, 0.15) is 12.4 Å². The molecule has 1 aliphatic rings. The van der Waals surface area contributed by atoms with Gasteiger partial charge in [0.05, 0.1) is 11.2 Å². The van der Waals surface area contributed by atoms with Gasteiger partial charge in [0.2, 0.25) is 0 Å². The molecule has 0 N–H and O–H groups in total. The second-order valence-electron chi connectivity index (χ2n) is 4.41. The Balaban J connectivity index is 1.73. The molecule has 0 saturated heterocycles. The molecule has 2 heteroatoms. The lowest BCUT2D eigenvalue weighted by atomic mass is 10.2. The molecule has 0 fully saturated rings. The van der Waals surface area contributed by atoms with Crippen molar-refractivity contribution < 1.29 is 4.74 Å². The van der Waals surface area contributed by atoms with E-state index in [2.05, 4.69) is 29.3 Å². The number of ether oxygens (including phenoxy) is 1. The van der Waals surface area contributed by atoms with E-state index in [1.54, 1.807) is 0 Å². The predicted molar refractivity (Wildman–Crippen MR) is 77.5 cm³/mol. The number of hydrogen-bond acceptors (Lipinski definition) is 2. The van der Waals surface area contributed by atoms with Crippen LogP contribution in [-0.4, -0.2) is 4.98 Å². The Morgan fingerprint density at radius 1 is 1.05 bits per heavy atom. The van der Waals surface area contributed by atoms with Crippen molar-refractivity contribution in [3.63, 3.8) is 0 Å². The lowest BCUT2D eigenvalue weighted by Gasteiger charge is -2.07. The van der Waals surface area contributed by atoms with Crippen molar-refractivity contribution in [2.24, 2.45) is 0 Å². The van der Waals surface area contributed by atoms with Crippen molar-refractivity contribution in [3.05, 3.63) is 78.2 Å². The molecule has 0 amide bonds. The van der Waals surface area contributed by atoms with Crippen LogP contribution in [0.3, 0.4) is 0 Å². The average Bonchev–Trinajstić information content (AvgIpc) is 2.73. The Bertz CT molecular complexity index is 668. The molecule has 1 aliphatic carbocycles. The molecule has 19 heavy (non-hydrogen) atoms. The van der Waals surface area contributed by atoms with E-state index in [1.165, 1.54) is 0 Å². The van der Waals surface area contributed by atoms with Crippen molar-refractivity contribution in [1.82, 2.24) is 4.98 Å². The van der Waals surface area contributed by atoms with Crippen molar-refractivity contribution in [2.45, 2.75) is 13.0 Å². The number of fused-ring (bicyclic) bond motifs is 1. The molecular formula is C17H15NO. The smallest absolute Gasteiger partial charge is 0.130 e. The predicted octanol–water partition coefficient (Wildman–Crippen LogP) is 4.15. The number of para-hydroxylation sites is 1. The highest BCUT2D eigenvalue weighted by Gasteiger charge is 2.00. The summed E-state index contributed by atoms with van der Waals surface area (Å²) in [6.07, 6.45) is 11.1. The van der Waals surface area contributed by atoms with Crippen LogP contribution in [0.5, 0.6) is 0 Å². The second kappa shape index (κ2) is 5.53. The molecular weight excluding hydrogens is 234 g/mol. The minimum absolute atomic E-state index is 0.501. The van der Waals surface area contributed by atoms with Crippen LogP contribution in [0, 0.1) is 0 Å². The molecule has 0 radical (unpaired) electrons. The normalized spacial score (nSPS) is 14.2. The minimum atomic E-state index is 0.501. The first-order valence-corrected chi connectivity index (χ1v) is 6.43. The van der Waals surface area contributed by atoms with Gasteiger partial charge in [-0.05, 0) is 30.7 Å².